The van der Waals surface area contributed by atoms with E-state index < -0.39 is 0 Å². The van der Waals surface area contributed by atoms with E-state index in [9.17, 15) is 9.18 Å². The molecule has 4 aromatic rings. The first kappa shape index (κ1) is 16.9. The van der Waals surface area contributed by atoms with Crippen molar-refractivity contribution < 1.29 is 13.6 Å². The number of nitrogens with one attached hydrogen (secondary N) is 1. The van der Waals surface area contributed by atoms with Crippen molar-refractivity contribution >= 4 is 22.5 Å². The summed E-state index contributed by atoms with van der Waals surface area (Å²) in [5.41, 5.74) is 1.76. The van der Waals surface area contributed by atoms with Crippen molar-refractivity contribution in [2.45, 2.75) is 12.8 Å². The first-order chi connectivity index (χ1) is 13.2. The highest BCUT2D eigenvalue weighted by Crippen LogP contribution is 2.24. The minimum Gasteiger partial charge on any atom is -0.441 e. The van der Waals surface area contributed by atoms with Crippen LogP contribution in [0, 0.1) is 5.82 Å². The van der Waals surface area contributed by atoms with Gasteiger partial charge in [0.2, 0.25) is 5.91 Å². The first-order valence-electron chi connectivity index (χ1n) is 8.54. The fourth-order valence-electron chi connectivity index (χ4n) is 2.85. The topological polar surface area (TPSA) is 68.0 Å². The molecule has 0 aliphatic heterocycles. The molecular weight excluding hydrogens is 345 g/mol. The van der Waals surface area contributed by atoms with Gasteiger partial charge in [0.25, 0.3) is 0 Å². The number of halogens is 1. The van der Waals surface area contributed by atoms with E-state index in [4.69, 9.17) is 4.42 Å². The van der Waals surface area contributed by atoms with Crippen molar-refractivity contribution in [1.82, 2.24) is 9.97 Å². The Balaban J connectivity index is 1.42. The number of amides is 1. The van der Waals surface area contributed by atoms with E-state index in [2.05, 4.69) is 15.3 Å². The average Bonchev–Trinajstić information content (AvgIpc) is 3.16. The number of aromatic nitrogens is 2. The molecular formula is C21H16FN3O2. The maximum absolute atomic E-state index is 13.8. The van der Waals surface area contributed by atoms with Gasteiger partial charge in [-0.05, 0) is 24.3 Å². The number of hydrogen-bond donors (Lipinski definition) is 1. The molecule has 0 saturated heterocycles. The highest BCUT2D eigenvalue weighted by Gasteiger charge is 2.12. The first-order valence-corrected chi connectivity index (χ1v) is 8.54. The predicted octanol–water partition coefficient (Wildman–Crippen LogP) is 4.60. The SMILES string of the molecule is O=C(CCc1ncc(-c2ccccc2F)o1)Nc1cccc2cccnc12. The van der Waals surface area contributed by atoms with Crippen LogP contribution in [-0.4, -0.2) is 15.9 Å². The number of anilines is 1. The lowest BCUT2D eigenvalue weighted by atomic mass is 10.2. The van der Waals surface area contributed by atoms with Gasteiger partial charge in [-0.25, -0.2) is 9.37 Å². The summed E-state index contributed by atoms with van der Waals surface area (Å²) in [7, 11) is 0. The highest BCUT2D eigenvalue weighted by molar-refractivity contribution is 6.00. The molecule has 2 heterocycles. The third-order valence-corrected chi connectivity index (χ3v) is 4.17. The van der Waals surface area contributed by atoms with Crippen molar-refractivity contribution in [3.05, 3.63) is 78.7 Å². The van der Waals surface area contributed by atoms with E-state index in [-0.39, 0.29) is 18.1 Å². The molecule has 6 heteroatoms. The zero-order valence-corrected chi connectivity index (χ0v) is 14.4. The van der Waals surface area contributed by atoms with E-state index in [0.717, 1.165) is 10.9 Å². The summed E-state index contributed by atoms with van der Waals surface area (Å²) in [5.74, 6) is 0.196. The van der Waals surface area contributed by atoms with Gasteiger partial charge in [0.05, 0.1) is 23.0 Å². The number of nitrogens with zero attached hydrogens (tertiary/aromatic N) is 2. The maximum Gasteiger partial charge on any atom is 0.224 e. The second-order valence-electron chi connectivity index (χ2n) is 6.03. The Morgan fingerprint density at radius 3 is 2.78 bits per heavy atom. The molecule has 5 nitrogen and oxygen atoms in total. The minimum atomic E-state index is -0.374. The zero-order valence-electron chi connectivity index (χ0n) is 14.4. The van der Waals surface area contributed by atoms with Crippen LogP contribution in [0.1, 0.15) is 12.3 Å². The molecule has 0 unspecified atom stereocenters. The van der Waals surface area contributed by atoms with Crippen molar-refractivity contribution in [1.29, 1.82) is 0 Å². The Hall–Kier alpha value is -3.54. The van der Waals surface area contributed by atoms with E-state index in [1.165, 1.54) is 12.3 Å². The molecule has 134 valence electrons. The third-order valence-electron chi connectivity index (χ3n) is 4.17. The minimum absolute atomic E-state index is 0.168. The van der Waals surface area contributed by atoms with Crippen molar-refractivity contribution in [2.75, 3.05) is 5.32 Å². The number of oxazole rings is 1. The van der Waals surface area contributed by atoms with Gasteiger partial charge < -0.3 is 9.73 Å². The molecule has 0 atom stereocenters. The smallest absolute Gasteiger partial charge is 0.224 e. The Morgan fingerprint density at radius 2 is 1.89 bits per heavy atom. The van der Waals surface area contributed by atoms with Crippen LogP contribution in [0.4, 0.5) is 10.1 Å². The molecule has 4 rings (SSSR count). The molecule has 0 saturated carbocycles. The number of aryl methyl sites for hydroxylation is 1. The normalized spacial score (nSPS) is 10.9. The van der Waals surface area contributed by atoms with Gasteiger partial charge in [-0.1, -0.05) is 30.3 Å². The molecule has 1 N–H and O–H groups in total. The standard InChI is InChI=1S/C21H16FN3O2/c22-16-8-2-1-7-15(16)18-13-24-20(27-18)11-10-19(26)25-17-9-3-5-14-6-4-12-23-21(14)17/h1-9,12-13H,10-11H2,(H,25,26). The predicted molar refractivity (Wildman–Crippen MR) is 101 cm³/mol. The number of carbonyl (C=O) groups is 1. The summed E-state index contributed by atoms with van der Waals surface area (Å²) in [6.45, 7) is 0. The van der Waals surface area contributed by atoms with Gasteiger partial charge in [-0.3, -0.25) is 9.78 Å². The molecule has 2 aromatic carbocycles. The maximum atomic E-state index is 13.8. The molecule has 27 heavy (non-hydrogen) atoms. The second-order valence-corrected chi connectivity index (χ2v) is 6.03. The molecule has 2 aromatic heterocycles. The largest absolute Gasteiger partial charge is 0.441 e. The van der Waals surface area contributed by atoms with Crippen LogP contribution < -0.4 is 5.32 Å². The fraction of sp³-hybridized carbons (Fsp3) is 0.0952. The van der Waals surface area contributed by atoms with Crippen LogP contribution in [0.25, 0.3) is 22.2 Å². The summed E-state index contributed by atoms with van der Waals surface area (Å²) in [6, 6.07) is 15.7. The molecule has 0 spiro atoms. The van der Waals surface area contributed by atoms with Crippen LogP contribution in [0.5, 0.6) is 0 Å². The Bertz CT molecular complexity index is 1100. The Kier molecular flexibility index (Phi) is 4.61. The van der Waals surface area contributed by atoms with Crippen LogP contribution in [-0.2, 0) is 11.2 Å². The Labute approximate surface area is 154 Å². The van der Waals surface area contributed by atoms with E-state index >= 15 is 0 Å². The molecule has 0 fully saturated rings. The van der Waals surface area contributed by atoms with Crippen molar-refractivity contribution in [2.24, 2.45) is 0 Å². The average molecular weight is 361 g/mol. The molecule has 1 amide bonds. The van der Waals surface area contributed by atoms with Gasteiger partial charge in [0.1, 0.15) is 5.82 Å². The number of carbonyl (C=O) groups excluding carboxylic acids is 1. The number of hydrogen-bond acceptors (Lipinski definition) is 4. The number of benzene rings is 2. The molecule has 0 aliphatic carbocycles. The van der Waals surface area contributed by atoms with Crippen LogP contribution >= 0.6 is 0 Å². The van der Waals surface area contributed by atoms with Gasteiger partial charge in [-0.15, -0.1) is 0 Å². The number of pyridine rings is 1. The van der Waals surface area contributed by atoms with Crippen LogP contribution in [0.2, 0.25) is 0 Å². The summed E-state index contributed by atoms with van der Waals surface area (Å²) in [6.07, 6.45) is 3.67. The van der Waals surface area contributed by atoms with E-state index in [0.29, 0.717) is 29.3 Å². The number of para-hydroxylation sites is 1. The number of fused-ring (bicyclic) bond motifs is 1. The van der Waals surface area contributed by atoms with Crippen LogP contribution in [0.15, 0.2) is 71.4 Å². The fourth-order valence-corrected chi connectivity index (χ4v) is 2.85. The highest BCUT2D eigenvalue weighted by atomic mass is 19.1. The monoisotopic (exact) mass is 361 g/mol. The van der Waals surface area contributed by atoms with Gasteiger partial charge in [-0.2, -0.15) is 0 Å². The van der Waals surface area contributed by atoms with Crippen molar-refractivity contribution in [3.63, 3.8) is 0 Å². The van der Waals surface area contributed by atoms with Crippen molar-refractivity contribution in [3.8, 4) is 11.3 Å². The molecule has 0 aliphatic rings. The van der Waals surface area contributed by atoms with E-state index in [1.54, 1.807) is 24.4 Å². The molecule has 0 radical (unpaired) electrons. The second kappa shape index (κ2) is 7.37. The molecule has 0 bridgehead atoms. The number of rotatable bonds is 5. The lowest BCUT2D eigenvalue weighted by Crippen LogP contribution is -2.12. The zero-order chi connectivity index (χ0) is 18.6. The van der Waals surface area contributed by atoms with Gasteiger partial charge in [0, 0.05) is 24.4 Å². The third kappa shape index (κ3) is 3.69. The van der Waals surface area contributed by atoms with Gasteiger partial charge in [0.15, 0.2) is 11.7 Å². The summed E-state index contributed by atoms with van der Waals surface area (Å²) >= 11 is 0. The van der Waals surface area contributed by atoms with E-state index in [1.807, 2.05) is 30.3 Å². The lowest BCUT2D eigenvalue weighted by molar-refractivity contribution is -0.116. The summed E-state index contributed by atoms with van der Waals surface area (Å²) in [5, 5.41) is 3.83. The van der Waals surface area contributed by atoms with Gasteiger partial charge >= 0.3 is 0 Å². The quantitative estimate of drug-likeness (QED) is 0.564. The lowest BCUT2D eigenvalue weighted by Gasteiger charge is -2.07. The summed E-state index contributed by atoms with van der Waals surface area (Å²) in [4.78, 5) is 20.7. The van der Waals surface area contributed by atoms with Crippen LogP contribution in [0.3, 0.4) is 0 Å². The summed E-state index contributed by atoms with van der Waals surface area (Å²) < 4.78 is 19.4. The Morgan fingerprint density at radius 1 is 1.04 bits per heavy atom.